The lowest BCUT2D eigenvalue weighted by Crippen LogP contribution is -2.33. The van der Waals surface area contributed by atoms with Gasteiger partial charge in [-0.15, -0.1) is 0 Å². The number of piperidine rings is 1. The Balaban J connectivity index is 0. The normalized spacial score (nSPS) is 14.7. The van der Waals surface area contributed by atoms with E-state index in [1.54, 1.807) is 6.92 Å². The first-order valence-corrected chi connectivity index (χ1v) is 5.14. The lowest BCUT2D eigenvalue weighted by Gasteiger charge is -2.24. The van der Waals surface area contributed by atoms with Gasteiger partial charge in [-0.2, -0.15) is 0 Å². The molecular weight excluding hydrogens is 164 g/mol. The van der Waals surface area contributed by atoms with E-state index in [4.69, 9.17) is 0 Å². The van der Waals surface area contributed by atoms with Gasteiger partial charge in [-0.25, -0.2) is 0 Å². The predicted octanol–water partition coefficient (Wildman–Crippen LogP) is 1.62. The number of hydrogen-bond acceptors (Lipinski definition) is 2. The van der Waals surface area contributed by atoms with Gasteiger partial charge in [-0.3, -0.25) is 4.79 Å². The van der Waals surface area contributed by atoms with E-state index in [2.05, 4.69) is 5.73 Å². The van der Waals surface area contributed by atoms with Gasteiger partial charge in [0.2, 0.25) is 5.91 Å². The molecule has 0 aromatic carbocycles. The molecule has 1 fully saturated rings. The van der Waals surface area contributed by atoms with Crippen LogP contribution in [0.1, 0.15) is 40.0 Å². The van der Waals surface area contributed by atoms with Crippen LogP contribution in [0.15, 0.2) is 0 Å². The molecule has 1 aliphatic heterocycles. The van der Waals surface area contributed by atoms with Crippen molar-refractivity contribution >= 4 is 5.91 Å². The lowest BCUT2D eigenvalue weighted by atomic mass is 10.1. The van der Waals surface area contributed by atoms with Gasteiger partial charge >= 0.3 is 0 Å². The second-order valence-electron chi connectivity index (χ2n) is 2.57. The van der Waals surface area contributed by atoms with E-state index in [0.29, 0.717) is 0 Å². The van der Waals surface area contributed by atoms with Crippen molar-refractivity contribution in [2.45, 2.75) is 40.0 Å². The first-order valence-electron chi connectivity index (χ1n) is 5.14. The zero-order chi connectivity index (χ0) is 10.7. The molecule has 0 bridgehead atoms. The van der Waals surface area contributed by atoms with Gasteiger partial charge in [0, 0.05) is 20.0 Å². The number of carbonyl (C=O) groups excluding carboxylic acids is 1. The molecule has 0 unspecified atom stereocenters. The van der Waals surface area contributed by atoms with Crippen LogP contribution >= 0.6 is 0 Å². The summed E-state index contributed by atoms with van der Waals surface area (Å²) in [6, 6.07) is 0. The Bertz CT molecular complexity index is 109. The molecule has 0 radical (unpaired) electrons. The van der Waals surface area contributed by atoms with Crippen LogP contribution in [0.4, 0.5) is 0 Å². The Morgan fingerprint density at radius 3 is 1.69 bits per heavy atom. The van der Waals surface area contributed by atoms with E-state index in [-0.39, 0.29) is 5.91 Å². The third-order valence-corrected chi connectivity index (χ3v) is 1.80. The average molecular weight is 188 g/mol. The summed E-state index contributed by atoms with van der Waals surface area (Å²) in [5.41, 5.74) is 4.50. The van der Waals surface area contributed by atoms with Gasteiger partial charge in [0.25, 0.3) is 0 Å². The van der Waals surface area contributed by atoms with Gasteiger partial charge in [0.05, 0.1) is 0 Å². The van der Waals surface area contributed by atoms with E-state index >= 15 is 0 Å². The van der Waals surface area contributed by atoms with Gasteiger partial charge in [-0.1, -0.05) is 13.8 Å². The molecule has 0 spiro atoms. The van der Waals surface area contributed by atoms with Crippen LogP contribution in [0.3, 0.4) is 0 Å². The smallest absolute Gasteiger partial charge is 0.219 e. The molecule has 3 nitrogen and oxygen atoms in total. The Morgan fingerprint density at radius 1 is 1.08 bits per heavy atom. The second-order valence-corrected chi connectivity index (χ2v) is 2.57. The molecule has 80 valence electrons. The lowest BCUT2D eigenvalue weighted by molar-refractivity contribution is -0.129. The third kappa shape index (κ3) is 7.78. The Labute approximate surface area is 82.3 Å². The molecule has 1 aliphatic rings. The van der Waals surface area contributed by atoms with Crippen molar-refractivity contribution in [1.29, 1.82) is 0 Å². The molecule has 1 saturated heterocycles. The third-order valence-electron chi connectivity index (χ3n) is 1.80. The van der Waals surface area contributed by atoms with Gasteiger partial charge in [0.15, 0.2) is 0 Å². The average Bonchev–Trinajstić information content (AvgIpc) is 2.25. The maximum Gasteiger partial charge on any atom is 0.219 e. The maximum atomic E-state index is 10.7. The number of nitrogens with zero attached hydrogens (tertiary/aromatic N) is 1. The van der Waals surface area contributed by atoms with Crippen molar-refractivity contribution in [2.75, 3.05) is 20.1 Å². The van der Waals surface area contributed by atoms with Crippen LogP contribution in [0, 0.1) is 0 Å². The molecule has 0 aromatic rings. The van der Waals surface area contributed by atoms with E-state index in [9.17, 15) is 4.79 Å². The fourth-order valence-electron chi connectivity index (χ4n) is 1.21. The highest BCUT2D eigenvalue weighted by molar-refractivity contribution is 5.73. The van der Waals surface area contributed by atoms with Crippen molar-refractivity contribution in [3.63, 3.8) is 0 Å². The molecule has 0 atom stereocenters. The van der Waals surface area contributed by atoms with Crippen molar-refractivity contribution in [3.8, 4) is 0 Å². The molecule has 3 heteroatoms. The number of likely N-dealkylation sites (tertiary alicyclic amines) is 1. The molecule has 2 N–H and O–H groups in total. The minimum atomic E-state index is 0.231. The molecule has 1 heterocycles. The summed E-state index contributed by atoms with van der Waals surface area (Å²) < 4.78 is 0. The van der Waals surface area contributed by atoms with E-state index in [1.165, 1.54) is 26.3 Å². The Hall–Kier alpha value is -0.570. The van der Waals surface area contributed by atoms with Crippen molar-refractivity contribution in [3.05, 3.63) is 0 Å². The van der Waals surface area contributed by atoms with Gasteiger partial charge in [0.1, 0.15) is 0 Å². The maximum absolute atomic E-state index is 10.7. The topological polar surface area (TPSA) is 46.3 Å². The Kier molecular flexibility index (Phi) is 13.1. The van der Waals surface area contributed by atoms with Crippen LogP contribution in [0.5, 0.6) is 0 Å². The molecule has 0 saturated carbocycles. The molecule has 13 heavy (non-hydrogen) atoms. The fraction of sp³-hybridized carbons (Fsp3) is 0.900. The molecular formula is C10H24N2O. The van der Waals surface area contributed by atoms with Crippen LogP contribution in [0.2, 0.25) is 0 Å². The second kappa shape index (κ2) is 11.4. The summed E-state index contributed by atoms with van der Waals surface area (Å²) in [5.74, 6) is 0.231. The minimum absolute atomic E-state index is 0.231. The zero-order valence-electron chi connectivity index (χ0n) is 9.47. The highest BCUT2D eigenvalue weighted by Crippen LogP contribution is 2.07. The summed E-state index contributed by atoms with van der Waals surface area (Å²) >= 11 is 0. The summed E-state index contributed by atoms with van der Waals surface area (Å²) in [6.07, 6.45) is 3.68. The molecule has 0 aliphatic carbocycles. The van der Waals surface area contributed by atoms with Crippen LogP contribution in [-0.2, 0) is 4.79 Å². The molecule has 1 amide bonds. The van der Waals surface area contributed by atoms with E-state index in [0.717, 1.165) is 13.1 Å². The largest absolute Gasteiger partial charge is 0.343 e. The monoisotopic (exact) mass is 188 g/mol. The van der Waals surface area contributed by atoms with Gasteiger partial charge < -0.3 is 10.6 Å². The van der Waals surface area contributed by atoms with E-state index in [1.807, 2.05) is 18.7 Å². The quantitative estimate of drug-likeness (QED) is 0.628. The molecule has 0 aromatic heterocycles. The summed E-state index contributed by atoms with van der Waals surface area (Å²) in [5, 5.41) is 0. The summed E-state index contributed by atoms with van der Waals surface area (Å²) in [7, 11) is 1.50. The molecule has 1 rings (SSSR count). The van der Waals surface area contributed by atoms with Gasteiger partial charge in [-0.05, 0) is 26.3 Å². The Morgan fingerprint density at radius 2 is 1.46 bits per heavy atom. The number of carbonyl (C=O) groups is 1. The van der Waals surface area contributed by atoms with E-state index < -0.39 is 0 Å². The van der Waals surface area contributed by atoms with Crippen molar-refractivity contribution < 1.29 is 4.79 Å². The standard InChI is InChI=1S/C7H13NO.C2H6.CH5N/c1-7(9)8-5-3-2-4-6-8;2*1-2/h2-6H2,1H3;1-2H3;2H2,1H3. The number of nitrogens with two attached hydrogens (primary N) is 1. The summed E-state index contributed by atoms with van der Waals surface area (Å²) in [6.45, 7) is 7.61. The summed E-state index contributed by atoms with van der Waals surface area (Å²) in [4.78, 5) is 12.6. The fourth-order valence-corrected chi connectivity index (χ4v) is 1.21. The number of amides is 1. The highest BCUT2D eigenvalue weighted by Gasteiger charge is 2.10. The number of rotatable bonds is 0. The first-order chi connectivity index (χ1) is 6.30. The first kappa shape index (κ1) is 14.9. The zero-order valence-corrected chi connectivity index (χ0v) is 9.47. The SMILES string of the molecule is CC.CC(=O)N1CCCCC1.CN. The van der Waals surface area contributed by atoms with Crippen LogP contribution in [-0.4, -0.2) is 30.9 Å². The number of hydrogen-bond donors (Lipinski definition) is 1. The van der Waals surface area contributed by atoms with Crippen molar-refractivity contribution in [2.24, 2.45) is 5.73 Å². The van der Waals surface area contributed by atoms with Crippen LogP contribution < -0.4 is 5.73 Å². The predicted molar refractivity (Wildman–Crippen MR) is 57.6 cm³/mol. The minimum Gasteiger partial charge on any atom is -0.343 e. The highest BCUT2D eigenvalue weighted by atomic mass is 16.2. The van der Waals surface area contributed by atoms with Crippen molar-refractivity contribution in [1.82, 2.24) is 4.90 Å². The van der Waals surface area contributed by atoms with Crippen LogP contribution in [0.25, 0.3) is 0 Å².